The molecule has 2 heterocycles. The topological polar surface area (TPSA) is 67.5 Å². The van der Waals surface area contributed by atoms with Crippen molar-refractivity contribution in [1.29, 1.82) is 0 Å². The van der Waals surface area contributed by atoms with Gasteiger partial charge < -0.3 is 15.2 Å². The highest BCUT2D eigenvalue weighted by atomic mass is 16.5. The summed E-state index contributed by atoms with van der Waals surface area (Å²) in [7, 11) is 0. The van der Waals surface area contributed by atoms with Crippen LogP contribution in [0.2, 0.25) is 0 Å². The lowest BCUT2D eigenvalue weighted by atomic mass is 9.87. The number of nitrogens with zero attached hydrogens (tertiary/aromatic N) is 2. The second-order valence-electron chi connectivity index (χ2n) is 5.90. The molecule has 3 rings (SSSR count). The van der Waals surface area contributed by atoms with Crippen molar-refractivity contribution >= 4 is 5.91 Å². The number of likely N-dealkylation sites (tertiary alicyclic amines) is 1. The van der Waals surface area contributed by atoms with E-state index in [4.69, 9.17) is 0 Å². The molecule has 23 heavy (non-hydrogen) atoms. The summed E-state index contributed by atoms with van der Waals surface area (Å²) in [5, 5.41) is 22.2. The molecule has 0 bridgehead atoms. The Labute approximate surface area is 135 Å². The molecule has 1 saturated heterocycles. The summed E-state index contributed by atoms with van der Waals surface area (Å²) in [6.45, 7) is 1.12. The summed E-state index contributed by atoms with van der Waals surface area (Å²) in [4.78, 5) is 14.1. The van der Waals surface area contributed by atoms with Gasteiger partial charge in [-0.2, -0.15) is 4.73 Å². The number of amides is 1. The molecule has 1 aromatic heterocycles. The highest BCUT2D eigenvalue weighted by molar-refractivity contribution is 5.91. The van der Waals surface area contributed by atoms with Gasteiger partial charge in [-0.3, -0.25) is 4.79 Å². The average Bonchev–Trinajstić information content (AvgIpc) is 2.62. The molecule has 120 valence electrons. The van der Waals surface area contributed by atoms with E-state index in [1.807, 2.05) is 30.3 Å². The number of carbonyl (C=O) groups is 1. The Morgan fingerprint density at radius 1 is 1.13 bits per heavy atom. The molecule has 0 aliphatic carbocycles. The van der Waals surface area contributed by atoms with Crippen molar-refractivity contribution in [3.05, 3.63) is 71.2 Å². The fourth-order valence-electron chi connectivity index (χ4n) is 3.10. The first kappa shape index (κ1) is 15.5. The number of hydrogen-bond acceptors (Lipinski definition) is 3. The number of aliphatic hydroxyl groups excluding tert-OH is 1. The number of pyridine rings is 1. The third-order valence-corrected chi connectivity index (χ3v) is 4.46. The summed E-state index contributed by atoms with van der Waals surface area (Å²) in [6, 6.07) is 14.4. The maximum absolute atomic E-state index is 12.4. The maximum atomic E-state index is 12.4. The van der Waals surface area contributed by atoms with E-state index in [9.17, 15) is 15.1 Å². The zero-order valence-electron chi connectivity index (χ0n) is 12.8. The Kier molecular flexibility index (Phi) is 4.57. The molecular weight excluding hydrogens is 292 g/mol. The lowest BCUT2D eigenvalue weighted by molar-refractivity contribution is -0.608. The van der Waals surface area contributed by atoms with Gasteiger partial charge in [-0.05, 0) is 30.4 Å². The fraction of sp³-hybridized carbons (Fsp3) is 0.333. The van der Waals surface area contributed by atoms with Crippen LogP contribution in [0.3, 0.4) is 0 Å². The number of aliphatic hydroxyl groups is 1. The van der Waals surface area contributed by atoms with Crippen LogP contribution in [0.15, 0.2) is 54.7 Å². The van der Waals surface area contributed by atoms with E-state index in [-0.39, 0.29) is 17.5 Å². The highest BCUT2D eigenvalue weighted by Crippen LogP contribution is 2.30. The van der Waals surface area contributed by atoms with E-state index in [1.165, 1.54) is 6.20 Å². The summed E-state index contributed by atoms with van der Waals surface area (Å²) >= 11 is 0. The second-order valence-corrected chi connectivity index (χ2v) is 5.90. The molecule has 1 aliphatic heterocycles. The van der Waals surface area contributed by atoms with Crippen LogP contribution in [0.1, 0.15) is 35.0 Å². The molecule has 0 radical (unpaired) electrons. The number of aromatic nitrogens is 1. The summed E-state index contributed by atoms with van der Waals surface area (Å²) in [5.41, 5.74) is 1.06. The van der Waals surface area contributed by atoms with E-state index in [0.717, 1.165) is 18.4 Å². The van der Waals surface area contributed by atoms with Crippen molar-refractivity contribution in [3.8, 4) is 0 Å². The predicted octanol–water partition coefficient (Wildman–Crippen LogP) is 1.91. The Morgan fingerprint density at radius 3 is 2.43 bits per heavy atom. The molecule has 0 spiro atoms. The van der Waals surface area contributed by atoms with E-state index < -0.39 is 6.10 Å². The lowest BCUT2D eigenvalue weighted by Gasteiger charge is -2.33. The zero-order valence-corrected chi connectivity index (χ0v) is 12.8. The second kappa shape index (κ2) is 6.79. The van der Waals surface area contributed by atoms with Gasteiger partial charge in [0.25, 0.3) is 5.69 Å². The van der Waals surface area contributed by atoms with Crippen LogP contribution in [-0.2, 0) is 0 Å². The predicted molar refractivity (Wildman–Crippen MR) is 85.4 cm³/mol. The summed E-state index contributed by atoms with van der Waals surface area (Å²) in [6.07, 6.45) is 2.29. The smallest absolute Gasteiger partial charge is 0.319 e. The minimum Gasteiger partial charge on any atom is -0.618 e. The molecule has 1 N–H and O–H groups in total. The minimum absolute atomic E-state index is 0.136. The third kappa shape index (κ3) is 3.35. The Hall–Kier alpha value is -2.40. The molecule has 5 nitrogen and oxygen atoms in total. The highest BCUT2D eigenvalue weighted by Gasteiger charge is 2.30. The van der Waals surface area contributed by atoms with Crippen LogP contribution in [0, 0.1) is 11.1 Å². The average molecular weight is 312 g/mol. The van der Waals surface area contributed by atoms with Gasteiger partial charge in [0.05, 0.1) is 6.10 Å². The third-order valence-electron chi connectivity index (χ3n) is 4.46. The van der Waals surface area contributed by atoms with Gasteiger partial charge in [-0.1, -0.05) is 30.3 Å². The van der Waals surface area contributed by atoms with Crippen LogP contribution in [-0.4, -0.2) is 29.0 Å². The first-order valence-electron chi connectivity index (χ1n) is 7.87. The Morgan fingerprint density at radius 2 is 1.78 bits per heavy atom. The number of hydrogen-bond donors (Lipinski definition) is 1. The van der Waals surface area contributed by atoms with Gasteiger partial charge >= 0.3 is 5.91 Å². The molecule has 1 unspecified atom stereocenters. The van der Waals surface area contributed by atoms with E-state index >= 15 is 0 Å². The summed E-state index contributed by atoms with van der Waals surface area (Å²) in [5.74, 6) is -0.107. The molecule has 2 aromatic rings. The van der Waals surface area contributed by atoms with Gasteiger partial charge in [-0.15, -0.1) is 0 Å². The molecule has 1 amide bonds. The van der Waals surface area contributed by atoms with Crippen molar-refractivity contribution < 1.29 is 14.6 Å². The van der Waals surface area contributed by atoms with Gasteiger partial charge in [0.15, 0.2) is 6.20 Å². The number of benzene rings is 1. The fourth-order valence-corrected chi connectivity index (χ4v) is 3.10. The van der Waals surface area contributed by atoms with Gasteiger partial charge in [-0.25, -0.2) is 0 Å². The number of carbonyl (C=O) groups excluding carboxylic acids is 1. The zero-order chi connectivity index (χ0) is 16.2. The van der Waals surface area contributed by atoms with Crippen LogP contribution >= 0.6 is 0 Å². The van der Waals surface area contributed by atoms with Crippen molar-refractivity contribution in [2.75, 3.05) is 13.1 Å². The molecule has 0 saturated carbocycles. The largest absolute Gasteiger partial charge is 0.618 e. The lowest BCUT2D eigenvalue weighted by Crippen LogP contribution is -2.45. The van der Waals surface area contributed by atoms with Crippen LogP contribution in [0.25, 0.3) is 0 Å². The monoisotopic (exact) mass is 312 g/mol. The first-order valence-corrected chi connectivity index (χ1v) is 7.87. The molecule has 1 aromatic carbocycles. The van der Waals surface area contributed by atoms with Crippen LogP contribution in [0.4, 0.5) is 0 Å². The number of rotatable bonds is 3. The van der Waals surface area contributed by atoms with Crippen LogP contribution < -0.4 is 4.73 Å². The van der Waals surface area contributed by atoms with Gasteiger partial charge in [0, 0.05) is 25.2 Å². The van der Waals surface area contributed by atoms with E-state index in [2.05, 4.69) is 0 Å². The summed E-state index contributed by atoms with van der Waals surface area (Å²) < 4.78 is 0.604. The van der Waals surface area contributed by atoms with Crippen molar-refractivity contribution in [3.63, 3.8) is 0 Å². The standard InChI is InChI=1S/C18H20N2O3/c21-17(14-6-2-1-3-7-14)15-9-12-19(13-10-15)18(22)16-8-4-5-11-20(16)23/h1-8,11,15,17,21H,9-10,12-13H2. The molecule has 1 aliphatic rings. The van der Waals surface area contributed by atoms with Crippen LogP contribution in [0.5, 0.6) is 0 Å². The maximum Gasteiger partial charge on any atom is 0.319 e. The van der Waals surface area contributed by atoms with Crippen molar-refractivity contribution in [1.82, 2.24) is 4.90 Å². The molecule has 1 atom stereocenters. The molecular formula is C18H20N2O3. The van der Waals surface area contributed by atoms with Gasteiger partial charge in [0.1, 0.15) is 0 Å². The van der Waals surface area contributed by atoms with Crippen molar-refractivity contribution in [2.45, 2.75) is 18.9 Å². The quantitative estimate of drug-likeness (QED) is 0.695. The Bertz CT molecular complexity index is 667. The van der Waals surface area contributed by atoms with Gasteiger partial charge in [0.2, 0.25) is 0 Å². The minimum atomic E-state index is -0.505. The number of piperidine rings is 1. The normalized spacial score (nSPS) is 17.0. The van der Waals surface area contributed by atoms with Crippen molar-refractivity contribution in [2.24, 2.45) is 5.92 Å². The first-order chi connectivity index (χ1) is 11.2. The van der Waals surface area contributed by atoms with E-state index in [1.54, 1.807) is 23.1 Å². The van der Waals surface area contributed by atoms with E-state index in [0.29, 0.717) is 17.8 Å². The Balaban J connectivity index is 1.62. The molecule has 1 fully saturated rings. The molecule has 5 heteroatoms. The SMILES string of the molecule is O=C(c1cccc[n+]1[O-])N1CCC(C(O)c2ccccc2)CC1.